The molecule has 2 aromatic carbocycles. The molecular weight excluding hydrogens is 363 g/mol. The highest BCUT2D eigenvalue weighted by atomic mass is 79.9. The molecule has 0 aliphatic rings. The summed E-state index contributed by atoms with van der Waals surface area (Å²) in [4.78, 5) is 12.1. The minimum absolute atomic E-state index is 0.0576. The van der Waals surface area contributed by atoms with E-state index in [1.165, 1.54) is 24.3 Å². The Balaban J connectivity index is 2.20. The van der Waals surface area contributed by atoms with Gasteiger partial charge in [0.1, 0.15) is 0 Å². The number of carbonyl (C=O) groups excluding carboxylic acids is 1. The molecular formula is C15H11BrF3NO2. The van der Waals surface area contributed by atoms with Crippen LogP contribution in [0.4, 0.5) is 18.9 Å². The summed E-state index contributed by atoms with van der Waals surface area (Å²) in [6.45, 7) is -0.184. The molecule has 0 spiro atoms. The maximum atomic E-state index is 12.6. The normalized spacial score (nSPS) is 11.3. The van der Waals surface area contributed by atoms with Gasteiger partial charge in [0, 0.05) is 15.7 Å². The number of rotatable bonds is 3. The van der Waals surface area contributed by atoms with Crippen molar-refractivity contribution in [2.24, 2.45) is 0 Å². The number of anilines is 1. The third-order valence-corrected chi connectivity index (χ3v) is 3.67. The van der Waals surface area contributed by atoms with Crippen molar-refractivity contribution < 1.29 is 23.1 Å². The van der Waals surface area contributed by atoms with Crippen molar-refractivity contribution in [3.8, 4) is 0 Å². The van der Waals surface area contributed by atoms with E-state index in [2.05, 4.69) is 21.2 Å². The molecule has 116 valence electrons. The molecule has 2 rings (SSSR count). The molecule has 3 nitrogen and oxygen atoms in total. The number of halogens is 4. The number of carbonyl (C=O) groups is 1. The molecule has 0 heterocycles. The monoisotopic (exact) mass is 373 g/mol. The summed E-state index contributed by atoms with van der Waals surface area (Å²) < 4.78 is 38.4. The Morgan fingerprint density at radius 3 is 2.50 bits per heavy atom. The lowest BCUT2D eigenvalue weighted by molar-refractivity contribution is -0.137. The summed E-state index contributed by atoms with van der Waals surface area (Å²) in [6, 6.07) is 8.95. The first kappa shape index (κ1) is 16.5. The highest BCUT2D eigenvalue weighted by Crippen LogP contribution is 2.30. The van der Waals surface area contributed by atoms with Gasteiger partial charge in [-0.2, -0.15) is 13.2 Å². The van der Waals surface area contributed by atoms with Crippen LogP contribution in [-0.4, -0.2) is 11.0 Å². The topological polar surface area (TPSA) is 49.3 Å². The molecule has 0 aliphatic heterocycles. The van der Waals surface area contributed by atoms with E-state index < -0.39 is 17.6 Å². The van der Waals surface area contributed by atoms with Gasteiger partial charge in [-0.15, -0.1) is 0 Å². The molecule has 0 saturated carbocycles. The number of aliphatic hydroxyl groups excluding tert-OH is 1. The fourth-order valence-electron chi connectivity index (χ4n) is 1.79. The van der Waals surface area contributed by atoms with E-state index in [-0.39, 0.29) is 17.9 Å². The van der Waals surface area contributed by atoms with Crippen LogP contribution in [0.3, 0.4) is 0 Å². The van der Waals surface area contributed by atoms with Gasteiger partial charge in [-0.3, -0.25) is 4.79 Å². The maximum Gasteiger partial charge on any atom is 0.416 e. The maximum absolute atomic E-state index is 12.6. The molecule has 0 bridgehead atoms. The number of hydrogen-bond donors (Lipinski definition) is 2. The van der Waals surface area contributed by atoms with Crippen molar-refractivity contribution in [2.75, 3.05) is 5.32 Å². The van der Waals surface area contributed by atoms with Crippen LogP contribution in [-0.2, 0) is 12.8 Å². The summed E-state index contributed by atoms with van der Waals surface area (Å²) >= 11 is 3.21. The molecule has 0 saturated heterocycles. The molecule has 0 aliphatic carbocycles. The van der Waals surface area contributed by atoms with E-state index in [0.29, 0.717) is 10.0 Å². The largest absolute Gasteiger partial charge is 0.416 e. The van der Waals surface area contributed by atoms with E-state index in [1.807, 2.05) is 0 Å². The molecule has 0 aromatic heterocycles. The van der Waals surface area contributed by atoms with Gasteiger partial charge in [-0.05, 0) is 35.9 Å². The van der Waals surface area contributed by atoms with Crippen molar-refractivity contribution in [1.82, 2.24) is 0 Å². The van der Waals surface area contributed by atoms with Crippen molar-refractivity contribution in [3.05, 3.63) is 63.6 Å². The van der Waals surface area contributed by atoms with Gasteiger partial charge in [0.05, 0.1) is 12.2 Å². The third-order valence-electron chi connectivity index (χ3n) is 2.93. The zero-order valence-electron chi connectivity index (χ0n) is 11.1. The van der Waals surface area contributed by atoms with Crippen LogP contribution >= 0.6 is 15.9 Å². The average Bonchev–Trinajstić information content (AvgIpc) is 2.46. The van der Waals surface area contributed by atoms with Gasteiger partial charge in [0.15, 0.2) is 0 Å². The lowest BCUT2D eigenvalue weighted by Crippen LogP contribution is -2.13. The van der Waals surface area contributed by atoms with Gasteiger partial charge >= 0.3 is 6.18 Å². The van der Waals surface area contributed by atoms with Gasteiger partial charge in [-0.1, -0.05) is 28.1 Å². The number of alkyl halides is 3. The minimum Gasteiger partial charge on any atom is -0.392 e. The van der Waals surface area contributed by atoms with Crippen molar-refractivity contribution in [3.63, 3.8) is 0 Å². The Kier molecular flexibility index (Phi) is 4.87. The fraction of sp³-hybridized carbons (Fsp3) is 0.133. The summed E-state index contributed by atoms with van der Waals surface area (Å²) in [6.07, 6.45) is -4.47. The first-order valence-electron chi connectivity index (χ1n) is 6.19. The van der Waals surface area contributed by atoms with E-state index in [4.69, 9.17) is 5.11 Å². The van der Waals surface area contributed by atoms with E-state index >= 15 is 0 Å². The van der Waals surface area contributed by atoms with Crippen LogP contribution in [0, 0.1) is 0 Å². The summed E-state index contributed by atoms with van der Waals surface area (Å²) in [5.41, 5.74) is 0.0985. The van der Waals surface area contributed by atoms with Crippen LogP contribution in [0.2, 0.25) is 0 Å². The van der Waals surface area contributed by atoms with Gasteiger partial charge in [-0.25, -0.2) is 0 Å². The number of aliphatic hydroxyl groups is 1. The molecule has 22 heavy (non-hydrogen) atoms. The molecule has 0 atom stereocenters. The average molecular weight is 374 g/mol. The fourth-order valence-corrected chi connectivity index (χ4v) is 2.30. The summed E-state index contributed by atoms with van der Waals surface area (Å²) in [5, 5.41) is 11.5. The van der Waals surface area contributed by atoms with Crippen molar-refractivity contribution in [2.45, 2.75) is 12.8 Å². The van der Waals surface area contributed by atoms with E-state index in [0.717, 1.165) is 12.1 Å². The van der Waals surface area contributed by atoms with Crippen LogP contribution < -0.4 is 5.32 Å². The second-order valence-corrected chi connectivity index (χ2v) is 5.35. The molecule has 0 fully saturated rings. The molecule has 0 unspecified atom stereocenters. The Labute approximate surface area is 132 Å². The molecule has 7 heteroatoms. The highest BCUT2D eigenvalue weighted by Gasteiger charge is 2.30. The minimum atomic E-state index is -4.47. The highest BCUT2D eigenvalue weighted by molar-refractivity contribution is 9.10. The molecule has 0 radical (unpaired) electrons. The van der Waals surface area contributed by atoms with Gasteiger partial charge in [0.25, 0.3) is 5.91 Å². The Morgan fingerprint density at radius 2 is 1.91 bits per heavy atom. The van der Waals surface area contributed by atoms with Crippen LogP contribution in [0.15, 0.2) is 46.9 Å². The predicted octanol–water partition coefficient (Wildman–Crippen LogP) is 4.21. The smallest absolute Gasteiger partial charge is 0.392 e. The SMILES string of the molecule is O=C(Nc1cccc(C(F)(F)F)c1)c1ccc(CO)c(Br)c1. The van der Waals surface area contributed by atoms with Gasteiger partial charge in [0.2, 0.25) is 0 Å². The second-order valence-electron chi connectivity index (χ2n) is 4.50. The van der Waals surface area contributed by atoms with Crippen molar-refractivity contribution in [1.29, 1.82) is 0 Å². The second kappa shape index (κ2) is 6.50. The standard InChI is InChI=1S/C15H11BrF3NO2/c16-13-6-9(4-5-10(13)8-21)14(22)20-12-3-1-2-11(7-12)15(17,18)19/h1-7,21H,8H2,(H,20,22). The summed E-state index contributed by atoms with van der Waals surface area (Å²) in [5.74, 6) is -0.537. The number of hydrogen-bond acceptors (Lipinski definition) is 2. The molecule has 2 aromatic rings. The lowest BCUT2D eigenvalue weighted by atomic mass is 10.1. The van der Waals surface area contributed by atoms with Crippen LogP contribution in [0.1, 0.15) is 21.5 Å². The van der Waals surface area contributed by atoms with E-state index in [9.17, 15) is 18.0 Å². The third kappa shape index (κ3) is 3.86. The quantitative estimate of drug-likeness (QED) is 0.846. The van der Waals surface area contributed by atoms with E-state index in [1.54, 1.807) is 6.07 Å². The van der Waals surface area contributed by atoms with Crippen LogP contribution in [0.25, 0.3) is 0 Å². The molecule has 2 N–H and O–H groups in total. The Bertz CT molecular complexity index is 701. The van der Waals surface area contributed by atoms with Crippen molar-refractivity contribution >= 4 is 27.5 Å². The number of amides is 1. The predicted molar refractivity (Wildman–Crippen MR) is 79.5 cm³/mol. The Hall–Kier alpha value is -1.86. The number of nitrogens with one attached hydrogen (secondary N) is 1. The van der Waals surface area contributed by atoms with Crippen LogP contribution in [0.5, 0.6) is 0 Å². The zero-order valence-corrected chi connectivity index (χ0v) is 12.7. The number of benzene rings is 2. The first-order valence-corrected chi connectivity index (χ1v) is 6.98. The summed E-state index contributed by atoms with van der Waals surface area (Å²) in [7, 11) is 0. The Morgan fingerprint density at radius 1 is 1.18 bits per heavy atom. The lowest BCUT2D eigenvalue weighted by Gasteiger charge is -2.10. The first-order chi connectivity index (χ1) is 10.3. The van der Waals surface area contributed by atoms with Gasteiger partial charge < -0.3 is 10.4 Å². The molecule has 1 amide bonds. The zero-order chi connectivity index (χ0) is 16.3.